The number of hydrogen-bond acceptors (Lipinski definition) is 6. The van der Waals surface area contributed by atoms with E-state index in [1.54, 1.807) is 6.92 Å². The minimum atomic E-state index is -0.903. The van der Waals surface area contributed by atoms with E-state index in [2.05, 4.69) is 10.3 Å². The highest BCUT2D eigenvalue weighted by molar-refractivity contribution is 7.18. The van der Waals surface area contributed by atoms with Crippen LogP contribution in [0.5, 0.6) is 0 Å². The summed E-state index contributed by atoms with van der Waals surface area (Å²) in [5.41, 5.74) is 0.598. The number of thiophene rings is 1. The summed E-state index contributed by atoms with van der Waals surface area (Å²) < 4.78 is 6.24. The van der Waals surface area contributed by atoms with Crippen molar-refractivity contribution in [2.75, 3.05) is 6.54 Å². The molecule has 0 bridgehead atoms. The lowest BCUT2D eigenvalue weighted by Crippen LogP contribution is -2.37. The highest BCUT2D eigenvalue weighted by Crippen LogP contribution is 2.25. The maximum atomic E-state index is 12.5. The van der Waals surface area contributed by atoms with Gasteiger partial charge in [0.05, 0.1) is 11.7 Å². The summed E-state index contributed by atoms with van der Waals surface area (Å²) in [6, 6.07) is 0. The van der Waals surface area contributed by atoms with Gasteiger partial charge < -0.3 is 10.1 Å². The van der Waals surface area contributed by atoms with Gasteiger partial charge in [-0.05, 0) is 33.3 Å². The Bertz CT molecular complexity index is 809. The lowest BCUT2D eigenvalue weighted by molar-refractivity contribution is -0.155. The highest BCUT2D eigenvalue weighted by Gasteiger charge is 2.19. The normalized spacial score (nSPS) is 12.2. The van der Waals surface area contributed by atoms with E-state index in [0.29, 0.717) is 16.8 Å². The van der Waals surface area contributed by atoms with Crippen LogP contribution in [0, 0.1) is 13.8 Å². The molecule has 1 N–H and O–H groups in total. The van der Waals surface area contributed by atoms with Gasteiger partial charge in [0.1, 0.15) is 11.4 Å². The van der Waals surface area contributed by atoms with E-state index in [1.807, 2.05) is 13.8 Å². The largest absolute Gasteiger partial charge is 0.451 e. The number of ether oxygens (including phenoxy) is 1. The van der Waals surface area contributed by atoms with Crippen LogP contribution in [0.15, 0.2) is 11.1 Å². The number of nitrogens with one attached hydrogen (secondary N) is 1. The summed E-state index contributed by atoms with van der Waals surface area (Å²) in [7, 11) is 0. The molecular formula is C15H19N3O4S. The zero-order valence-electron chi connectivity index (χ0n) is 13.5. The Labute approximate surface area is 137 Å². The lowest BCUT2D eigenvalue weighted by atomic mass is 10.2. The Morgan fingerprint density at radius 2 is 2.13 bits per heavy atom. The van der Waals surface area contributed by atoms with Gasteiger partial charge >= 0.3 is 5.97 Å². The molecule has 0 saturated carbocycles. The van der Waals surface area contributed by atoms with E-state index in [0.717, 1.165) is 10.4 Å². The predicted octanol–water partition coefficient (Wildman–Crippen LogP) is 1.14. The molecule has 1 amide bonds. The molecule has 2 aromatic rings. The molecule has 1 atom stereocenters. The third kappa shape index (κ3) is 3.58. The van der Waals surface area contributed by atoms with Crippen LogP contribution in [0.2, 0.25) is 0 Å². The third-order valence-corrected chi connectivity index (χ3v) is 4.60. The fourth-order valence-electron chi connectivity index (χ4n) is 2.13. The maximum Gasteiger partial charge on any atom is 0.326 e. The summed E-state index contributed by atoms with van der Waals surface area (Å²) in [5.74, 6) is -1.03. The van der Waals surface area contributed by atoms with Crippen molar-refractivity contribution in [1.29, 1.82) is 0 Å². The second-order valence-corrected chi connectivity index (χ2v) is 6.37. The number of rotatable bonds is 5. The number of hydrogen-bond donors (Lipinski definition) is 1. The fraction of sp³-hybridized carbons (Fsp3) is 0.467. The standard InChI is InChI=1S/C15H19N3O4S/c1-5-16-13(20)9(3)22-11(19)6-18-7-17-14-12(15(18)21)8(2)10(4)23-14/h7,9H,5-6H2,1-4H3,(H,16,20)/t9-/m1/s1. The highest BCUT2D eigenvalue weighted by atomic mass is 32.1. The molecule has 2 aromatic heterocycles. The number of aryl methyl sites for hydroxylation is 2. The van der Waals surface area contributed by atoms with Gasteiger partial charge in [-0.15, -0.1) is 11.3 Å². The van der Waals surface area contributed by atoms with E-state index < -0.39 is 12.1 Å². The van der Waals surface area contributed by atoms with Gasteiger partial charge in [-0.1, -0.05) is 0 Å². The van der Waals surface area contributed by atoms with Crippen LogP contribution in [0.25, 0.3) is 10.2 Å². The van der Waals surface area contributed by atoms with Crippen molar-refractivity contribution in [2.24, 2.45) is 0 Å². The minimum Gasteiger partial charge on any atom is -0.451 e. The van der Waals surface area contributed by atoms with Crippen molar-refractivity contribution in [2.45, 2.75) is 40.3 Å². The molecule has 23 heavy (non-hydrogen) atoms. The van der Waals surface area contributed by atoms with Crippen LogP contribution in [0.1, 0.15) is 24.3 Å². The molecule has 0 unspecified atom stereocenters. The summed E-state index contributed by atoms with van der Waals surface area (Å²) in [6.07, 6.45) is 0.429. The molecule has 0 aliphatic rings. The molecule has 2 rings (SSSR count). The first-order valence-electron chi connectivity index (χ1n) is 7.27. The number of carbonyl (C=O) groups is 2. The Balaban J connectivity index is 2.17. The van der Waals surface area contributed by atoms with Crippen molar-refractivity contribution in [3.63, 3.8) is 0 Å². The fourth-order valence-corrected chi connectivity index (χ4v) is 3.12. The molecular weight excluding hydrogens is 318 g/mol. The topological polar surface area (TPSA) is 90.3 Å². The Morgan fingerprint density at radius 3 is 2.78 bits per heavy atom. The Kier molecular flexibility index (Phi) is 5.15. The van der Waals surface area contributed by atoms with Crippen LogP contribution in [-0.2, 0) is 20.9 Å². The van der Waals surface area contributed by atoms with E-state index in [9.17, 15) is 14.4 Å². The molecule has 0 radical (unpaired) electrons. The minimum absolute atomic E-state index is 0.278. The lowest BCUT2D eigenvalue weighted by Gasteiger charge is -2.13. The van der Waals surface area contributed by atoms with Gasteiger partial charge in [0.25, 0.3) is 11.5 Å². The molecule has 0 aliphatic carbocycles. The van der Waals surface area contributed by atoms with Crippen molar-refractivity contribution in [3.8, 4) is 0 Å². The Hall–Kier alpha value is -2.22. The molecule has 124 valence electrons. The monoisotopic (exact) mass is 337 g/mol. The first-order valence-corrected chi connectivity index (χ1v) is 8.09. The predicted molar refractivity (Wildman–Crippen MR) is 87.6 cm³/mol. The average molecular weight is 337 g/mol. The SMILES string of the molecule is CCNC(=O)[C@@H](C)OC(=O)Cn1cnc2sc(C)c(C)c2c1=O. The van der Waals surface area contributed by atoms with Crippen LogP contribution in [0.4, 0.5) is 0 Å². The van der Waals surface area contributed by atoms with Crippen molar-refractivity contribution in [1.82, 2.24) is 14.9 Å². The Morgan fingerprint density at radius 1 is 1.43 bits per heavy atom. The van der Waals surface area contributed by atoms with Gasteiger partial charge in [0.15, 0.2) is 6.10 Å². The number of nitrogens with zero attached hydrogens (tertiary/aromatic N) is 2. The van der Waals surface area contributed by atoms with Crippen molar-refractivity contribution < 1.29 is 14.3 Å². The van der Waals surface area contributed by atoms with Gasteiger partial charge in [-0.3, -0.25) is 19.0 Å². The molecule has 0 aliphatic heterocycles. The van der Waals surface area contributed by atoms with Crippen LogP contribution >= 0.6 is 11.3 Å². The second kappa shape index (κ2) is 6.91. The van der Waals surface area contributed by atoms with Gasteiger partial charge in [0, 0.05) is 11.4 Å². The zero-order chi connectivity index (χ0) is 17.1. The smallest absolute Gasteiger partial charge is 0.326 e. The zero-order valence-corrected chi connectivity index (χ0v) is 14.3. The molecule has 8 heteroatoms. The molecule has 0 saturated heterocycles. The summed E-state index contributed by atoms with van der Waals surface area (Å²) in [4.78, 5) is 41.8. The van der Waals surface area contributed by atoms with Gasteiger partial charge in [0.2, 0.25) is 0 Å². The van der Waals surface area contributed by atoms with E-state index >= 15 is 0 Å². The number of fused-ring (bicyclic) bond motifs is 1. The summed E-state index contributed by atoms with van der Waals surface area (Å²) >= 11 is 1.45. The van der Waals surface area contributed by atoms with E-state index in [-0.39, 0.29) is 18.0 Å². The number of esters is 1. The first-order chi connectivity index (χ1) is 10.8. The average Bonchev–Trinajstić information content (AvgIpc) is 2.78. The molecule has 0 fully saturated rings. The number of aromatic nitrogens is 2. The number of amides is 1. The van der Waals surface area contributed by atoms with Gasteiger partial charge in [-0.2, -0.15) is 0 Å². The molecule has 7 nitrogen and oxygen atoms in total. The van der Waals surface area contributed by atoms with Crippen LogP contribution < -0.4 is 10.9 Å². The maximum absolute atomic E-state index is 12.5. The molecule has 0 aromatic carbocycles. The third-order valence-electron chi connectivity index (χ3n) is 3.48. The van der Waals surface area contributed by atoms with Crippen molar-refractivity contribution in [3.05, 3.63) is 27.1 Å². The second-order valence-electron chi connectivity index (χ2n) is 5.17. The number of carbonyl (C=O) groups excluding carboxylic acids is 2. The van der Waals surface area contributed by atoms with Crippen molar-refractivity contribution >= 4 is 33.4 Å². The number of likely N-dealkylation sites (N-methyl/N-ethyl adjacent to an activating group) is 1. The summed E-state index contributed by atoms with van der Waals surface area (Å²) in [6.45, 7) is 7.22. The van der Waals surface area contributed by atoms with Crippen LogP contribution in [-0.4, -0.2) is 34.1 Å². The molecule has 0 spiro atoms. The summed E-state index contributed by atoms with van der Waals surface area (Å²) in [5, 5.41) is 3.09. The van der Waals surface area contributed by atoms with Crippen LogP contribution in [0.3, 0.4) is 0 Å². The first kappa shape index (κ1) is 17.1. The van der Waals surface area contributed by atoms with E-state index in [1.165, 1.54) is 29.2 Å². The van der Waals surface area contributed by atoms with Gasteiger partial charge in [-0.25, -0.2) is 4.98 Å². The molecule has 2 heterocycles. The quantitative estimate of drug-likeness (QED) is 0.826. The van der Waals surface area contributed by atoms with E-state index in [4.69, 9.17) is 4.74 Å².